The molecule has 4 rings (SSSR count). The number of benzene rings is 3. The number of amides is 1. The highest BCUT2D eigenvalue weighted by atomic mass is 79.9. The zero-order valence-corrected chi connectivity index (χ0v) is 17.4. The molecule has 0 atom stereocenters. The molecule has 0 unspecified atom stereocenters. The van der Waals surface area contributed by atoms with Crippen molar-refractivity contribution in [3.8, 4) is 0 Å². The van der Waals surface area contributed by atoms with Gasteiger partial charge >= 0.3 is 0 Å². The Labute approximate surface area is 174 Å². The summed E-state index contributed by atoms with van der Waals surface area (Å²) in [6, 6.07) is 24.2. The summed E-state index contributed by atoms with van der Waals surface area (Å²) in [6.07, 6.45) is 3.93. The van der Waals surface area contributed by atoms with Gasteiger partial charge in [-0.1, -0.05) is 76.1 Å². The summed E-state index contributed by atoms with van der Waals surface area (Å²) in [5.41, 5.74) is 6.79. The first-order chi connectivity index (χ1) is 13.5. The van der Waals surface area contributed by atoms with Gasteiger partial charge in [0.15, 0.2) is 0 Å². The van der Waals surface area contributed by atoms with Crippen LogP contribution in [0, 0.1) is 13.8 Å². The highest BCUT2D eigenvalue weighted by Crippen LogP contribution is 2.37. The summed E-state index contributed by atoms with van der Waals surface area (Å²) >= 11 is 3.46. The lowest BCUT2D eigenvalue weighted by molar-refractivity contribution is -0.113. The number of aryl methyl sites for hydroxylation is 2. The molecule has 0 bridgehead atoms. The summed E-state index contributed by atoms with van der Waals surface area (Å²) in [5.74, 6) is -0.00581. The number of hydrogen-bond donors (Lipinski definition) is 0. The Kier molecular flexibility index (Phi) is 5.01. The molecule has 0 saturated carbocycles. The van der Waals surface area contributed by atoms with Crippen LogP contribution in [0.2, 0.25) is 0 Å². The van der Waals surface area contributed by atoms with Crippen molar-refractivity contribution in [3.63, 3.8) is 0 Å². The van der Waals surface area contributed by atoms with Crippen LogP contribution in [0.15, 0.2) is 88.9 Å². The van der Waals surface area contributed by atoms with Crippen molar-refractivity contribution in [1.29, 1.82) is 0 Å². The number of rotatable bonds is 3. The van der Waals surface area contributed by atoms with Crippen molar-refractivity contribution in [1.82, 2.24) is 0 Å². The quantitative estimate of drug-likeness (QED) is 0.432. The maximum absolute atomic E-state index is 13.4. The molecule has 138 valence electrons. The molecule has 0 radical (unpaired) electrons. The molecule has 0 N–H and O–H groups in total. The van der Waals surface area contributed by atoms with E-state index in [4.69, 9.17) is 0 Å². The average molecular weight is 430 g/mol. The number of carbonyl (C=O) groups excluding carboxylic acids is 1. The van der Waals surface area contributed by atoms with Gasteiger partial charge in [-0.05, 0) is 60.9 Å². The predicted molar refractivity (Wildman–Crippen MR) is 120 cm³/mol. The first kappa shape index (κ1) is 18.5. The van der Waals surface area contributed by atoms with Gasteiger partial charge in [0.1, 0.15) is 0 Å². The smallest absolute Gasteiger partial charge is 0.262 e. The normalized spacial score (nSPS) is 15.2. The molecular weight excluding hydrogens is 410 g/mol. The van der Waals surface area contributed by atoms with E-state index in [2.05, 4.69) is 41.9 Å². The number of halogens is 1. The molecule has 0 saturated heterocycles. The van der Waals surface area contributed by atoms with Crippen LogP contribution >= 0.6 is 15.9 Å². The second kappa shape index (κ2) is 7.61. The number of carbonyl (C=O) groups is 1. The molecule has 1 aliphatic rings. The van der Waals surface area contributed by atoms with Gasteiger partial charge in [-0.25, -0.2) is 0 Å². The second-order valence-electron chi connectivity index (χ2n) is 6.98. The Morgan fingerprint density at radius 1 is 0.893 bits per heavy atom. The van der Waals surface area contributed by atoms with E-state index in [1.165, 1.54) is 5.56 Å². The third kappa shape index (κ3) is 3.58. The minimum Gasteiger partial charge on any atom is -0.276 e. The van der Waals surface area contributed by atoms with Crippen LogP contribution in [0.25, 0.3) is 11.8 Å². The summed E-state index contributed by atoms with van der Waals surface area (Å²) in [5, 5.41) is 0. The van der Waals surface area contributed by atoms with Crippen molar-refractivity contribution in [3.05, 3.63) is 111 Å². The molecule has 0 aliphatic carbocycles. The standard InChI is InChI=1S/C25H20BrNO/c1-17-8-13-23(18(2)14-17)27-24(20-6-4-3-5-7-20)16-21(25(27)28)15-19-9-11-22(26)12-10-19/h3-16H,1-2H3. The Hall–Kier alpha value is -2.91. The van der Waals surface area contributed by atoms with E-state index in [1.807, 2.05) is 77.7 Å². The topological polar surface area (TPSA) is 20.3 Å². The van der Waals surface area contributed by atoms with Crippen molar-refractivity contribution in [2.45, 2.75) is 13.8 Å². The highest BCUT2D eigenvalue weighted by Gasteiger charge is 2.31. The van der Waals surface area contributed by atoms with Crippen LogP contribution in [0.4, 0.5) is 5.69 Å². The van der Waals surface area contributed by atoms with Crippen molar-refractivity contribution < 1.29 is 4.79 Å². The van der Waals surface area contributed by atoms with Gasteiger partial charge in [-0.2, -0.15) is 0 Å². The van der Waals surface area contributed by atoms with E-state index in [1.54, 1.807) is 0 Å². The highest BCUT2D eigenvalue weighted by molar-refractivity contribution is 9.10. The second-order valence-corrected chi connectivity index (χ2v) is 7.89. The number of anilines is 1. The third-order valence-electron chi connectivity index (χ3n) is 4.84. The molecular formula is C25H20BrNO. The zero-order chi connectivity index (χ0) is 19.7. The summed E-state index contributed by atoms with van der Waals surface area (Å²) in [6.45, 7) is 4.12. The van der Waals surface area contributed by atoms with Gasteiger partial charge in [0, 0.05) is 10.0 Å². The van der Waals surface area contributed by atoms with Crippen molar-refractivity contribution in [2.75, 3.05) is 4.90 Å². The van der Waals surface area contributed by atoms with Gasteiger partial charge in [0.05, 0.1) is 11.4 Å². The van der Waals surface area contributed by atoms with Crippen LogP contribution in [0.5, 0.6) is 0 Å². The molecule has 1 amide bonds. The van der Waals surface area contributed by atoms with E-state index < -0.39 is 0 Å². The Balaban J connectivity index is 1.84. The summed E-state index contributed by atoms with van der Waals surface area (Å²) < 4.78 is 1.02. The summed E-state index contributed by atoms with van der Waals surface area (Å²) in [7, 11) is 0. The Morgan fingerprint density at radius 2 is 1.61 bits per heavy atom. The van der Waals surface area contributed by atoms with Crippen molar-refractivity contribution >= 4 is 39.3 Å². The van der Waals surface area contributed by atoms with E-state index in [-0.39, 0.29) is 5.91 Å². The molecule has 3 aromatic carbocycles. The molecule has 1 aliphatic heterocycles. The summed E-state index contributed by atoms with van der Waals surface area (Å²) in [4.78, 5) is 15.2. The van der Waals surface area contributed by atoms with Gasteiger partial charge < -0.3 is 0 Å². The molecule has 2 nitrogen and oxygen atoms in total. The van der Waals surface area contributed by atoms with Crippen LogP contribution in [0.1, 0.15) is 22.3 Å². The number of hydrogen-bond acceptors (Lipinski definition) is 1. The van der Waals surface area contributed by atoms with E-state index in [0.717, 1.165) is 32.5 Å². The minimum absolute atomic E-state index is 0.00581. The van der Waals surface area contributed by atoms with Crippen LogP contribution < -0.4 is 4.90 Å². The lowest BCUT2D eigenvalue weighted by atomic mass is 10.1. The Bertz CT molecular complexity index is 1100. The maximum atomic E-state index is 13.4. The average Bonchev–Trinajstić information content (AvgIpc) is 3.01. The SMILES string of the molecule is Cc1ccc(N2C(=O)C(=Cc3ccc(Br)cc3)C=C2c2ccccc2)c(C)c1. The van der Waals surface area contributed by atoms with Gasteiger partial charge in [-0.3, -0.25) is 9.69 Å². The number of nitrogens with zero attached hydrogens (tertiary/aromatic N) is 1. The first-order valence-corrected chi connectivity index (χ1v) is 9.98. The minimum atomic E-state index is -0.00581. The fourth-order valence-electron chi connectivity index (χ4n) is 3.47. The lowest BCUT2D eigenvalue weighted by Gasteiger charge is -2.23. The Morgan fingerprint density at radius 3 is 2.29 bits per heavy atom. The van der Waals surface area contributed by atoms with Gasteiger partial charge in [0.2, 0.25) is 0 Å². The predicted octanol–water partition coefficient (Wildman–Crippen LogP) is 6.54. The molecule has 0 aromatic heterocycles. The fourth-order valence-corrected chi connectivity index (χ4v) is 3.74. The molecule has 1 heterocycles. The van der Waals surface area contributed by atoms with Crippen LogP contribution in [-0.2, 0) is 4.79 Å². The zero-order valence-electron chi connectivity index (χ0n) is 15.8. The molecule has 0 fully saturated rings. The molecule has 28 heavy (non-hydrogen) atoms. The maximum Gasteiger partial charge on any atom is 0.262 e. The third-order valence-corrected chi connectivity index (χ3v) is 5.37. The molecule has 0 spiro atoms. The fraction of sp³-hybridized carbons (Fsp3) is 0.0800. The van der Waals surface area contributed by atoms with Gasteiger partial charge in [0.25, 0.3) is 5.91 Å². The van der Waals surface area contributed by atoms with Gasteiger partial charge in [-0.15, -0.1) is 0 Å². The largest absolute Gasteiger partial charge is 0.276 e. The van der Waals surface area contributed by atoms with E-state index >= 15 is 0 Å². The van der Waals surface area contributed by atoms with E-state index in [9.17, 15) is 4.79 Å². The van der Waals surface area contributed by atoms with Crippen LogP contribution in [0.3, 0.4) is 0 Å². The molecule has 3 aromatic rings. The van der Waals surface area contributed by atoms with E-state index in [0.29, 0.717) is 5.57 Å². The first-order valence-electron chi connectivity index (χ1n) is 9.19. The lowest BCUT2D eigenvalue weighted by Crippen LogP contribution is -2.25. The monoisotopic (exact) mass is 429 g/mol. The molecule has 3 heteroatoms. The van der Waals surface area contributed by atoms with Crippen LogP contribution in [-0.4, -0.2) is 5.91 Å². The van der Waals surface area contributed by atoms with Crippen molar-refractivity contribution in [2.24, 2.45) is 0 Å².